The van der Waals surface area contributed by atoms with E-state index in [4.69, 9.17) is 13.9 Å². The van der Waals surface area contributed by atoms with Crippen molar-refractivity contribution in [1.82, 2.24) is 0 Å². The number of hydrogen-bond donors (Lipinski definition) is 0. The third-order valence-electron chi connectivity index (χ3n) is 5.59. The fraction of sp³-hybridized carbons (Fsp3) is 0.194. The first-order chi connectivity index (χ1) is 16.7. The van der Waals surface area contributed by atoms with Crippen LogP contribution in [0.25, 0.3) is 34.1 Å². The monoisotopic (exact) mass is 451 g/mol. The Bertz CT molecular complexity index is 1190. The maximum atomic E-state index is 6.39. The minimum atomic E-state index is 0.587. The largest absolute Gasteiger partial charge is 0.490 e. The van der Waals surface area contributed by atoms with E-state index in [0.717, 1.165) is 57.3 Å². The quantitative estimate of drug-likeness (QED) is 0.239. The molecule has 4 rings (SSSR count). The van der Waals surface area contributed by atoms with E-state index in [1.807, 2.05) is 44.2 Å². The van der Waals surface area contributed by atoms with Gasteiger partial charge in [-0.3, -0.25) is 0 Å². The van der Waals surface area contributed by atoms with Crippen molar-refractivity contribution in [2.24, 2.45) is 0 Å². The third kappa shape index (κ3) is 5.55. The van der Waals surface area contributed by atoms with E-state index < -0.39 is 0 Å². The van der Waals surface area contributed by atoms with Gasteiger partial charge in [0.2, 0.25) is 0 Å². The zero-order valence-corrected chi connectivity index (χ0v) is 20.1. The summed E-state index contributed by atoms with van der Waals surface area (Å²) in [5.74, 6) is 3.18. The predicted octanol–water partition coefficient (Wildman–Crippen LogP) is 8.64. The van der Waals surface area contributed by atoms with Crippen LogP contribution in [0, 0.1) is 0 Å². The summed E-state index contributed by atoms with van der Waals surface area (Å²) in [4.78, 5) is 0. The molecule has 3 heteroatoms. The summed E-state index contributed by atoms with van der Waals surface area (Å²) in [6.45, 7) is 7.30. The average molecular weight is 452 g/mol. The second kappa shape index (κ2) is 11.3. The minimum Gasteiger partial charge on any atom is -0.490 e. The Kier molecular flexibility index (Phi) is 7.77. The molecule has 0 spiro atoms. The molecule has 1 aromatic heterocycles. The second-order valence-corrected chi connectivity index (χ2v) is 7.90. The van der Waals surface area contributed by atoms with Crippen LogP contribution in [0.1, 0.15) is 38.5 Å². The van der Waals surface area contributed by atoms with E-state index in [9.17, 15) is 0 Å². The lowest BCUT2D eigenvalue weighted by atomic mass is 10.00. The highest BCUT2D eigenvalue weighted by atomic mass is 16.5. The number of benzene rings is 3. The summed E-state index contributed by atoms with van der Waals surface area (Å²) in [6.07, 6.45) is 2.98. The molecular formula is C31H31O3+. The van der Waals surface area contributed by atoms with Gasteiger partial charge in [0.15, 0.2) is 11.5 Å². The molecule has 172 valence electrons. The van der Waals surface area contributed by atoms with E-state index in [1.165, 1.54) is 0 Å². The Hall–Kier alpha value is -3.85. The molecule has 3 nitrogen and oxygen atoms in total. The van der Waals surface area contributed by atoms with Gasteiger partial charge in [-0.25, -0.2) is 4.42 Å². The fourth-order valence-corrected chi connectivity index (χ4v) is 3.95. The molecule has 0 N–H and O–H groups in total. The molecule has 3 aromatic carbocycles. The Morgan fingerprint density at radius 2 is 1.32 bits per heavy atom. The van der Waals surface area contributed by atoms with Gasteiger partial charge in [-0.05, 0) is 61.2 Å². The van der Waals surface area contributed by atoms with E-state index >= 15 is 0 Å². The normalized spacial score (nSPS) is 11.3. The van der Waals surface area contributed by atoms with Crippen LogP contribution in [-0.2, 0) is 0 Å². The van der Waals surface area contributed by atoms with Gasteiger partial charge < -0.3 is 9.47 Å². The third-order valence-corrected chi connectivity index (χ3v) is 5.59. The topological polar surface area (TPSA) is 29.8 Å². The van der Waals surface area contributed by atoms with Gasteiger partial charge in [0.1, 0.15) is 0 Å². The summed E-state index contributed by atoms with van der Waals surface area (Å²) >= 11 is 0. The zero-order chi connectivity index (χ0) is 23.8. The molecule has 0 aliphatic heterocycles. The summed E-state index contributed by atoms with van der Waals surface area (Å²) < 4.78 is 18.0. The van der Waals surface area contributed by atoms with E-state index in [-0.39, 0.29) is 0 Å². The fourth-order valence-electron chi connectivity index (χ4n) is 3.95. The highest BCUT2D eigenvalue weighted by Gasteiger charge is 2.19. The van der Waals surface area contributed by atoms with Gasteiger partial charge >= 0.3 is 11.5 Å². The summed E-state index contributed by atoms with van der Waals surface area (Å²) in [6, 6.07) is 31.0. The summed E-state index contributed by atoms with van der Waals surface area (Å²) in [7, 11) is 0. The van der Waals surface area contributed by atoms with Crippen molar-refractivity contribution < 1.29 is 13.9 Å². The molecule has 0 saturated heterocycles. The van der Waals surface area contributed by atoms with Crippen LogP contribution in [0.5, 0.6) is 11.5 Å². The van der Waals surface area contributed by atoms with Crippen LogP contribution >= 0.6 is 0 Å². The lowest BCUT2D eigenvalue weighted by Gasteiger charge is -2.13. The van der Waals surface area contributed by atoms with Crippen molar-refractivity contribution in [3.63, 3.8) is 0 Å². The van der Waals surface area contributed by atoms with Crippen LogP contribution in [0.15, 0.2) is 95.4 Å². The van der Waals surface area contributed by atoms with Crippen LogP contribution in [-0.4, -0.2) is 13.2 Å². The first-order valence-corrected chi connectivity index (χ1v) is 11.9. The number of rotatable bonds is 9. The lowest BCUT2D eigenvalue weighted by Crippen LogP contribution is -1.99. The predicted molar refractivity (Wildman–Crippen MR) is 141 cm³/mol. The van der Waals surface area contributed by atoms with Gasteiger partial charge in [-0.15, -0.1) is 0 Å². The molecule has 0 radical (unpaired) electrons. The summed E-state index contributed by atoms with van der Waals surface area (Å²) in [5.41, 5.74) is 5.58. The maximum absolute atomic E-state index is 6.39. The van der Waals surface area contributed by atoms with Crippen LogP contribution in [0.3, 0.4) is 0 Å². The van der Waals surface area contributed by atoms with Gasteiger partial charge in [0.05, 0.1) is 30.9 Å². The van der Waals surface area contributed by atoms with Crippen molar-refractivity contribution >= 4 is 11.6 Å². The molecule has 0 unspecified atom stereocenters. The van der Waals surface area contributed by atoms with Crippen LogP contribution in [0.2, 0.25) is 0 Å². The van der Waals surface area contributed by atoms with Crippen LogP contribution in [0.4, 0.5) is 0 Å². The van der Waals surface area contributed by atoms with Crippen molar-refractivity contribution in [3.8, 4) is 33.9 Å². The summed E-state index contributed by atoms with van der Waals surface area (Å²) in [5, 5.41) is 0. The SMILES string of the molecule is CCOc1ccc(C(=Cc2cc(-c3ccccc3)cc(-c3ccccc3)[o+]2)CC)cc1OCC. The average Bonchev–Trinajstić information content (AvgIpc) is 2.89. The van der Waals surface area contributed by atoms with Crippen LogP contribution < -0.4 is 9.47 Å². The molecule has 34 heavy (non-hydrogen) atoms. The first kappa shape index (κ1) is 23.3. The molecule has 0 amide bonds. The molecule has 0 atom stereocenters. The van der Waals surface area contributed by atoms with E-state index in [1.54, 1.807) is 0 Å². The van der Waals surface area contributed by atoms with Gasteiger partial charge in [-0.2, -0.15) is 0 Å². The second-order valence-electron chi connectivity index (χ2n) is 7.90. The standard InChI is InChI=1S/C31H31O3/c1-4-23(26-17-18-29(32-5-2)31(21-26)33-6-3)19-28-20-27(24-13-9-7-10-14-24)22-30(34-28)25-15-11-8-12-16-25/h7-22H,4-6H2,1-3H3/q+1. The molecule has 0 bridgehead atoms. The molecule has 0 fully saturated rings. The van der Waals surface area contributed by atoms with Crippen molar-refractivity contribution in [1.29, 1.82) is 0 Å². The number of allylic oxidation sites excluding steroid dienone is 1. The highest BCUT2D eigenvalue weighted by molar-refractivity contribution is 5.82. The lowest BCUT2D eigenvalue weighted by molar-refractivity contribution is 0.287. The van der Waals surface area contributed by atoms with Gasteiger partial charge in [0, 0.05) is 11.6 Å². The molecule has 1 heterocycles. The zero-order valence-electron chi connectivity index (χ0n) is 20.1. The number of ether oxygens (including phenoxy) is 2. The molecule has 0 aliphatic carbocycles. The highest BCUT2D eigenvalue weighted by Crippen LogP contribution is 2.34. The van der Waals surface area contributed by atoms with Crippen molar-refractivity contribution in [3.05, 3.63) is 102 Å². The Morgan fingerprint density at radius 1 is 0.676 bits per heavy atom. The first-order valence-electron chi connectivity index (χ1n) is 11.9. The van der Waals surface area contributed by atoms with Gasteiger partial charge in [0.25, 0.3) is 0 Å². The Morgan fingerprint density at radius 3 is 1.97 bits per heavy atom. The van der Waals surface area contributed by atoms with Crippen molar-refractivity contribution in [2.45, 2.75) is 27.2 Å². The number of hydrogen-bond acceptors (Lipinski definition) is 2. The van der Waals surface area contributed by atoms with E-state index in [0.29, 0.717) is 13.2 Å². The van der Waals surface area contributed by atoms with E-state index in [2.05, 4.69) is 73.7 Å². The Labute approximate surface area is 202 Å². The molecule has 0 aliphatic rings. The molecule has 4 aromatic rings. The van der Waals surface area contributed by atoms with Crippen molar-refractivity contribution in [2.75, 3.05) is 13.2 Å². The molecule has 0 saturated carbocycles. The smallest absolute Gasteiger partial charge is 0.361 e. The maximum Gasteiger partial charge on any atom is 0.361 e. The minimum absolute atomic E-state index is 0.587. The molecular weight excluding hydrogens is 420 g/mol. The Balaban J connectivity index is 1.80. The van der Waals surface area contributed by atoms with Gasteiger partial charge in [-0.1, -0.05) is 61.5 Å².